The molecular formula is C12H9Br2ClN2. The number of anilines is 3. The molecule has 0 saturated heterocycles. The Hall–Kier alpha value is -0.710. The summed E-state index contributed by atoms with van der Waals surface area (Å²) in [5.74, 6) is 0. The van der Waals surface area contributed by atoms with Gasteiger partial charge in [0.15, 0.2) is 0 Å². The third-order valence-electron chi connectivity index (χ3n) is 2.21. The van der Waals surface area contributed by atoms with E-state index in [1.54, 1.807) is 0 Å². The molecule has 0 aromatic heterocycles. The topological polar surface area (TPSA) is 38.0 Å². The van der Waals surface area contributed by atoms with Crippen LogP contribution in [0.15, 0.2) is 45.3 Å². The van der Waals surface area contributed by atoms with E-state index >= 15 is 0 Å². The van der Waals surface area contributed by atoms with Gasteiger partial charge in [0.2, 0.25) is 0 Å². The average molecular weight is 376 g/mol. The number of nitrogens with two attached hydrogens (primary N) is 1. The molecule has 2 aromatic carbocycles. The Morgan fingerprint density at radius 1 is 1.06 bits per heavy atom. The summed E-state index contributed by atoms with van der Waals surface area (Å²) in [6, 6.07) is 11.3. The molecule has 2 aromatic rings. The zero-order chi connectivity index (χ0) is 12.4. The maximum atomic E-state index is 5.93. The van der Waals surface area contributed by atoms with Crippen LogP contribution in [0.1, 0.15) is 0 Å². The normalized spacial score (nSPS) is 10.3. The van der Waals surface area contributed by atoms with E-state index in [9.17, 15) is 0 Å². The van der Waals surface area contributed by atoms with Crippen molar-refractivity contribution >= 4 is 60.5 Å². The molecular weight excluding hydrogens is 367 g/mol. The van der Waals surface area contributed by atoms with Gasteiger partial charge in [0, 0.05) is 14.6 Å². The van der Waals surface area contributed by atoms with Gasteiger partial charge in [-0.05, 0) is 52.3 Å². The van der Waals surface area contributed by atoms with Gasteiger partial charge in [-0.2, -0.15) is 0 Å². The summed E-state index contributed by atoms with van der Waals surface area (Å²) in [6.07, 6.45) is 0. The molecule has 17 heavy (non-hydrogen) atoms. The molecule has 88 valence electrons. The van der Waals surface area contributed by atoms with Crippen LogP contribution < -0.4 is 11.1 Å². The van der Waals surface area contributed by atoms with Gasteiger partial charge in [-0.1, -0.05) is 27.5 Å². The van der Waals surface area contributed by atoms with Gasteiger partial charge >= 0.3 is 0 Å². The lowest BCUT2D eigenvalue weighted by atomic mass is 10.2. The highest BCUT2D eigenvalue weighted by molar-refractivity contribution is 9.10. The van der Waals surface area contributed by atoms with Gasteiger partial charge in [-0.3, -0.25) is 0 Å². The molecule has 0 aliphatic heterocycles. The van der Waals surface area contributed by atoms with Crippen LogP contribution in [0.4, 0.5) is 17.1 Å². The van der Waals surface area contributed by atoms with E-state index in [2.05, 4.69) is 37.2 Å². The maximum absolute atomic E-state index is 5.93. The fourth-order valence-corrected chi connectivity index (χ4v) is 2.22. The Morgan fingerprint density at radius 3 is 2.53 bits per heavy atom. The van der Waals surface area contributed by atoms with Gasteiger partial charge in [0.1, 0.15) is 0 Å². The smallest absolute Gasteiger partial charge is 0.0629 e. The lowest BCUT2D eigenvalue weighted by molar-refractivity contribution is 1.52. The summed E-state index contributed by atoms with van der Waals surface area (Å²) in [5.41, 5.74) is 8.36. The molecule has 3 N–H and O–H groups in total. The minimum Gasteiger partial charge on any atom is -0.397 e. The first-order valence-corrected chi connectivity index (χ1v) is 6.80. The predicted molar refractivity (Wildman–Crippen MR) is 81.0 cm³/mol. The highest BCUT2D eigenvalue weighted by atomic mass is 79.9. The molecule has 0 aliphatic carbocycles. The zero-order valence-electron chi connectivity index (χ0n) is 8.68. The van der Waals surface area contributed by atoms with Crippen molar-refractivity contribution in [2.75, 3.05) is 11.1 Å². The molecule has 0 amide bonds. The van der Waals surface area contributed by atoms with Crippen LogP contribution in [-0.2, 0) is 0 Å². The number of nitrogens with one attached hydrogen (secondary N) is 1. The van der Waals surface area contributed by atoms with Gasteiger partial charge in [0.25, 0.3) is 0 Å². The zero-order valence-corrected chi connectivity index (χ0v) is 12.6. The molecule has 0 bridgehead atoms. The Kier molecular flexibility index (Phi) is 3.97. The van der Waals surface area contributed by atoms with Gasteiger partial charge in [-0.15, -0.1) is 0 Å². The summed E-state index contributed by atoms with van der Waals surface area (Å²) in [4.78, 5) is 0. The molecule has 0 radical (unpaired) electrons. The van der Waals surface area contributed by atoms with Gasteiger partial charge in [0.05, 0.1) is 16.4 Å². The monoisotopic (exact) mass is 374 g/mol. The van der Waals surface area contributed by atoms with Crippen molar-refractivity contribution in [3.8, 4) is 0 Å². The van der Waals surface area contributed by atoms with Crippen molar-refractivity contribution in [1.29, 1.82) is 0 Å². The second-order valence-electron chi connectivity index (χ2n) is 3.49. The molecule has 0 saturated carbocycles. The van der Waals surface area contributed by atoms with E-state index in [1.165, 1.54) is 0 Å². The van der Waals surface area contributed by atoms with Gasteiger partial charge < -0.3 is 11.1 Å². The van der Waals surface area contributed by atoms with E-state index in [1.807, 2.05) is 36.4 Å². The fourth-order valence-electron chi connectivity index (χ4n) is 1.37. The largest absolute Gasteiger partial charge is 0.397 e. The molecule has 0 fully saturated rings. The minimum atomic E-state index is 0.678. The van der Waals surface area contributed by atoms with Crippen molar-refractivity contribution in [3.05, 3.63) is 50.4 Å². The minimum absolute atomic E-state index is 0.678. The second-order valence-corrected chi connectivity index (χ2v) is 5.66. The van der Waals surface area contributed by atoms with Crippen LogP contribution >= 0.6 is 43.5 Å². The standard InChI is InChI=1S/C12H9Br2ClN2/c13-7-1-4-11(16)12(5-7)17-8-2-3-10(15)9(14)6-8/h1-6,17H,16H2. The average Bonchev–Trinajstić information content (AvgIpc) is 2.29. The van der Waals surface area contributed by atoms with Crippen LogP contribution in [-0.4, -0.2) is 0 Å². The number of halogens is 3. The molecule has 2 nitrogen and oxygen atoms in total. The lowest BCUT2D eigenvalue weighted by Crippen LogP contribution is -1.96. The van der Waals surface area contributed by atoms with Crippen molar-refractivity contribution in [2.24, 2.45) is 0 Å². The van der Waals surface area contributed by atoms with Crippen LogP contribution in [0.2, 0.25) is 5.02 Å². The number of benzene rings is 2. The third kappa shape index (κ3) is 3.15. The Bertz CT molecular complexity index is 558. The van der Waals surface area contributed by atoms with Crippen molar-refractivity contribution < 1.29 is 0 Å². The van der Waals surface area contributed by atoms with Crippen LogP contribution in [0.5, 0.6) is 0 Å². The Balaban J connectivity index is 2.31. The first kappa shape index (κ1) is 12.7. The Labute approximate surface area is 121 Å². The van der Waals surface area contributed by atoms with Gasteiger partial charge in [-0.25, -0.2) is 0 Å². The van der Waals surface area contributed by atoms with Crippen molar-refractivity contribution in [1.82, 2.24) is 0 Å². The molecule has 0 atom stereocenters. The Morgan fingerprint density at radius 2 is 1.82 bits per heavy atom. The van der Waals surface area contributed by atoms with E-state index in [0.717, 1.165) is 20.3 Å². The van der Waals surface area contributed by atoms with Crippen LogP contribution in [0.25, 0.3) is 0 Å². The summed E-state index contributed by atoms with van der Waals surface area (Å²) in [5, 5.41) is 3.92. The SMILES string of the molecule is Nc1ccc(Br)cc1Nc1ccc(Cl)c(Br)c1. The molecule has 0 heterocycles. The number of rotatable bonds is 2. The maximum Gasteiger partial charge on any atom is 0.0629 e. The summed E-state index contributed by atoms with van der Waals surface area (Å²) < 4.78 is 1.82. The van der Waals surface area contributed by atoms with Crippen LogP contribution in [0, 0.1) is 0 Å². The summed E-state index contributed by atoms with van der Waals surface area (Å²) in [6.45, 7) is 0. The summed E-state index contributed by atoms with van der Waals surface area (Å²) in [7, 11) is 0. The number of hydrogen-bond donors (Lipinski definition) is 2. The van der Waals surface area contributed by atoms with E-state index in [0.29, 0.717) is 10.7 Å². The second kappa shape index (κ2) is 5.29. The molecule has 0 unspecified atom stereocenters. The fraction of sp³-hybridized carbons (Fsp3) is 0. The van der Waals surface area contributed by atoms with Crippen molar-refractivity contribution in [2.45, 2.75) is 0 Å². The summed E-state index contributed by atoms with van der Waals surface area (Å²) >= 11 is 12.7. The van der Waals surface area contributed by atoms with E-state index in [4.69, 9.17) is 17.3 Å². The first-order chi connectivity index (χ1) is 8.06. The molecule has 0 aliphatic rings. The first-order valence-electron chi connectivity index (χ1n) is 4.83. The number of nitrogen functional groups attached to an aromatic ring is 1. The highest BCUT2D eigenvalue weighted by Gasteiger charge is 2.03. The highest BCUT2D eigenvalue weighted by Crippen LogP contribution is 2.30. The molecule has 5 heteroatoms. The molecule has 2 rings (SSSR count). The van der Waals surface area contributed by atoms with Crippen molar-refractivity contribution in [3.63, 3.8) is 0 Å². The van der Waals surface area contributed by atoms with E-state index in [-0.39, 0.29) is 0 Å². The van der Waals surface area contributed by atoms with Crippen LogP contribution in [0.3, 0.4) is 0 Å². The quantitative estimate of drug-likeness (QED) is 0.708. The number of hydrogen-bond acceptors (Lipinski definition) is 2. The third-order valence-corrected chi connectivity index (χ3v) is 3.92. The predicted octanol–water partition coefficient (Wildman–Crippen LogP) is 5.19. The van der Waals surface area contributed by atoms with E-state index < -0.39 is 0 Å². The lowest BCUT2D eigenvalue weighted by Gasteiger charge is -2.10. The molecule has 0 spiro atoms.